The van der Waals surface area contributed by atoms with Crippen molar-refractivity contribution in [3.63, 3.8) is 0 Å². The Kier molecular flexibility index (Phi) is 8.94. The van der Waals surface area contributed by atoms with Gasteiger partial charge in [-0.25, -0.2) is 4.79 Å². The highest BCUT2D eigenvalue weighted by molar-refractivity contribution is 5.93. The quantitative estimate of drug-likeness (QED) is 0.398. The fourth-order valence-electron chi connectivity index (χ4n) is 2.26. The Morgan fingerprint density at radius 3 is 2.19 bits per heavy atom. The van der Waals surface area contributed by atoms with Crippen molar-refractivity contribution in [1.29, 1.82) is 0 Å². The van der Waals surface area contributed by atoms with Gasteiger partial charge in [-0.2, -0.15) is 0 Å². The van der Waals surface area contributed by atoms with E-state index in [4.69, 9.17) is 15.6 Å². The molecule has 2 amide bonds. The van der Waals surface area contributed by atoms with Crippen LogP contribution >= 0.6 is 0 Å². The Balaban J connectivity index is 2.91. The third-order valence-corrected chi connectivity index (χ3v) is 3.90. The molecule has 0 saturated carbocycles. The van der Waals surface area contributed by atoms with Gasteiger partial charge >= 0.3 is 11.9 Å². The lowest BCUT2D eigenvalue weighted by Crippen LogP contribution is -2.54. The van der Waals surface area contributed by atoms with Crippen molar-refractivity contribution < 1.29 is 29.0 Å². The van der Waals surface area contributed by atoms with Crippen LogP contribution in [0.5, 0.6) is 0 Å². The molecule has 0 spiro atoms. The van der Waals surface area contributed by atoms with E-state index < -0.39 is 48.2 Å². The minimum atomic E-state index is -1.34. The first-order chi connectivity index (χ1) is 12.8. The number of methoxy groups -OCH3 is 1. The Labute approximate surface area is 157 Å². The van der Waals surface area contributed by atoms with Crippen LogP contribution in [-0.2, 0) is 30.3 Å². The molecule has 9 heteroatoms. The van der Waals surface area contributed by atoms with Crippen molar-refractivity contribution in [2.24, 2.45) is 11.7 Å². The summed E-state index contributed by atoms with van der Waals surface area (Å²) >= 11 is 0. The van der Waals surface area contributed by atoms with Crippen LogP contribution in [0.4, 0.5) is 0 Å². The van der Waals surface area contributed by atoms with Crippen LogP contribution in [0.1, 0.15) is 18.9 Å². The van der Waals surface area contributed by atoms with E-state index in [-0.39, 0.29) is 13.0 Å². The zero-order valence-corrected chi connectivity index (χ0v) is 15.3. The Bertz CT molecular complexity index is 664. The Morgan fingerprint density at radius 2 is 1.67 bits per heavy atom. The predicted octanol–water partition coefficient (Wildman–Crippen LogP) is -0.559. The minimum Gasteiger partial charge on any atom is -0.481 e. The van der Waals surface area contributed by atoms with E-state index in [1.807, 2.05) is 6.07 Å². The van der Waals surface area contributed by atoms with Gasteiger partial charge in [-0.05, 0) is 5.56 Å². The number of esters is 1. The first kappa shape index (κ1) is 22.1. The highest BCUT2D eigenvalue weighted by Gasteiger charge is 2.29. The van der Waals surface area contributed by atoms with Crippen LogP contribution < -0.4 is 16.4 Å². The number of carboxylic acid groups (broad SMARTS) is 1. The van der Waals surface area contributed by atoms with Gasteiger partial charge in [0.25, 0.3) is 0 Å². The summed E-state index contributed by atoms with van der Waals surface area (Å²) in [4.78, 5) is 47.6. The van der Waals surface area contributed by atoms with Gasteiger partial charge in [0.2, 0.25) is 11.8 Å². The molecule has 1 unspecified atom stereocenters. The van der Waals surface area contributed by atoms with Crippen molar-refractivity contribution in [2.75, 3.05) is 13.7 Å². The summed E-state index contributed by atoms with van der Waals surface area (Å²) in [6.45, 7) is 1.60. The molecule has 0 aliphatic rings. The van der Waals surface area contributed by atoms with Crippen molar-refractivity contribution in [3.8, 4) is 0 Å². The molecule has 0 saturated heterocycles. The number of hydrogen-bond acceptors (Lipinski definition) is 6. The summed E-state index contributed by atoms with van der Waals surface area (Å²) in [6, 6.07) is 6.58. The number of nitrogens with two attached hydrogens (primary N) is 1. The summed E-state index contributed by atoms with van der Waals surface area (Å²) < 4.78 is 4.71. The standard InChI is InChI=1S/C18H25N3O6/c1-11(10-19)16(24)20-13(9-15(22)23)17(25)21-14(18(26)27-2)8-12-6-4-3-5-7-12/h3-7,11,13-14H,8-10,19H2,1-2H3,(H,20,24)(H,21,25)(H,22,23)/t11?,13-,14+/m1/s1. The van der Waals surface area contributed by atoms with Crippen molar-refractivity contribution in [1.82, 2.24) is 10.6 Å². The van der Waals surface area contributed by atoms with Crippen LogP contribution in [0, 0.1) is 5.92 Å². The first-order valence-corrected chi connectivity index (χ1v) is 8.42. The maximum absolute atomic E-state index is 12.5. The van der Waals surface area contributed by atoms with Crippen LogP contribution in [0.15, 0.2) is 30.3 Å². The number of hydrogen-bond donors (Lipinski definition) is 4. The van der Waals surface area contributed by atoms with Gasteiger partial charge in [0.15, 0.2) is 0 Å². The van der Waals surface area contributed by atoms with Gasteiger partial charge in [0.1, 0.15) is 12.1 Å². The molecule has 1 aromatic rings. The first-order valence-electron chi connectivity index (χ1n) is 8.42. The summed E-state index contributed by atoms with van der Waals surface area (Å²) in [7, 11) is 1.19. The van der Waals surface area contributed by atoms with Crippen LogP contribution in [-0.4, -0.2) is 54.6 Å². The highest BCUT2D eigenvalue weighted by Crippen LogP contribution is 2.06. The van der Waals surface area contributed by atoms with E-state index in [1.165, 1.54) is 7.11 Å². The Hall–Kier alpha value is -2.94. The maximum atomic E-state index is 12.5. The van der Waals surface area contributed by atoms with Gasteiger partial charge in [-0.1, -0.05) is 37.3 Å². The van der Waals surface area contributed by atoms with Gasteiger partial charge in [0.05, 0.1) is 13.5 Å². The van der Waals surface area contributed by atoms with E-state index >= 15 is 0 Å². The molecule has 0 bridgehead atoms. The second kappa shape index (κ2) is 10.9. The monoisotopic (exact) mass is 379 g/mol. The average molecular weight is 379 g/mol. The molecule has 3 atom stereocenters. The molecule has 1 aromatic carbocycles. The SMILES string of the molecule is COC(=O)[C@H](Cc1ccccc1)NC(=O)[C@@H](CC(=O)O)NC(=O)C(C)CN. The van der Waals surface area contributed by atoms with Crippen LogP contribution in [0.2, 0.25) is 0 Å². The summed E-state index contributed by atoms with van der Waals surface area (Å²) in [6.07, 6.45) is -0.472. The van der Waals surface area contributed by atoms with Gasteiger partial charge in [-0.3, -0.25) is 14.4 Å². The number of aliphatic carboxylic acids is 1. The third-order valence-electron chi connectivity index (χ3n) is 3.90. The average Bonchev–Trinajstić information content (AvgIpc) is 2.65. The number of ether oxygens (including phenoxy) is 1. The smallest absolute Gasteiger partial charge is 0.328 e. The molecule has 0 aromatic heterocycles. The lowest BCUT2D eigenvalue weighted by atomic mass is 10.0. The molecular weight excluding hydrogens is 354 g/mol. The lowest BCUT2D eigenvalue weighted by Gasteiger charge is -2.22. The number of rotatable bonds is 10. The van der Waals surface area contributed by atoms with Gasteiger partial charge in [-0.15, -0.1) is 0 Å². The van der Waals surface area contributed by atoms with Gasteiger partial charge in [0, 0.05) is 18.9 Å². The number of amides is 2. The molecule has 27 heavy (non-hydrogen) atoms. The summed E-state index contributed by atoms with van der Waals surface area (Å²) in [5.41, 5.74) is 6.19. The molecule has 0 radical (unpaired) electrons. The molecule has 5 N–H and O–H groups in total. The predicted molar refractivity (Wildman–Crippen MR) is 96.5 cm³/mol. The summed E-state index contributed by atoms with van der Waals surface area (Å²) in [5, 5.41) is 13.8. The Morgan fingerprint density at radius 1 is 1.07 bits per heavy atom. The summed E-state index contributed by atoms with van der Waals surface area (Å²) in [5.74, 6) is -3.87. The van der Waals surface area contributed by atoms with Crippen LogP contribution in [0.3, 0.4) is 0 Å². The molecule has 0 aliphatic carbocycles. The van der Waals surface area contributed by atoms with E-state index in [0.29, 0.717) is 0 Å². The van der Waals surface area contributed by atoms with Crippen molar-refractivity contribution in [3.05, 3.63) is 35.9 Å². The van der Waals surface area contributed by atoms with Crippen molar-refractivity contribution >= 4 is 23.8 Å². The van der Waals surface area contributed by atoms with Gasteiger partial charge < -0.3 is 26.2 Å². The lowest BCUT2D eigenvalue weighted by molar-refractivity contribution is -0.145. The molecule has 148 valence electrons. The molecule has 0 fully saturated rings. The minimum absolute atomic E-state index is 0.0477. The number of nitrogens with one attached hydrogen (secondary N) is 2. The third kappa shape index (κ3) is 7.45. The van der Waals surface area contributed by atoms with Crippen LogP contribution in [0.25, 0.3) is 0 Å². The molecular formula is C18H25N3O6. The molecule has 0 aliphatic heterocycles. The molecule has 1 rings (SSSR count). The number of carbonyl (C=O) groups is 4. The number of carbonyl (C=O) groups excluding carboxylic acids is 3. The second-order valence-electron chi connectivity index (χ2n) is 6.07. The number of benzene rings is 1. The second-order valence-corrected chi connectivity index (χ2v) is 6.07. The highest BCUT2D eigenvalue weighted by atomic mass is 16.5. The normalized spacial score (nSPS) is 13.7. The zero-order chi connectivity index (χ0) is 20.4. The molecule has 0 heterocycles. The van der Waals surface area contributed by atoms with E-state index in [1.54, 1.807) is 31.2 Å². The zero-order valence-electron chi connectivity index (χ0n) is 15.3. The fraction of sp³-hybridized carbons (Fsp3) is 0.444. The fourth-order valence-corrected chi connectivity index (χ4v) is 2.26. The number of carboxylic acids is 1. The topological polar surface area (TPSA) is 148 Å². The maximum Gasteiger partial charge on any atom is 0.328 e. The van der Waals surface area contributed by atoms with Crippen molar-refractivity contribution in [2.45, 2.75) is 31.8 Å². The van der Waals surface area contributed by atoms with E-state index in [9.17, 15) is 19.2 Å². The molecule has 9 nitrogen and oxygen atoms in total. The van der Waals surface area contributed by atoms with E-state index in [0.717, 1.165) is 5.56 Å². The van der Waals surface area contributed by atoms with E-state index in [2.05, 4.69) is 10.6 Å². The largest absolute Gasteiger partial charge is 0.481 e.